The summed E-state index contributed by atoms with van der Waals surface area (Å²) in [6.07, 6.45) is 4.24. The Hall–Kier alpha value is -3.21. The summed E-state index contributed by atoms with van der Waals surface area (Å²) in [7, 11) is 0. The van der Waals surface area contributed by atoms with Crippen LogP contribution in [-0.2, 0) is 20.9 Å². The Morgan fingerprint density at radius 2 is 1.64 bits per heavy atom. The topological polar surface area (TPSA) is 102 Å². The molecule has 5 aliphatic heterocycles. The number of piperidine rings is 3. The van der Waals surface area contributed by atoms with E-state index in [-0.39, 0.29) is 54.1 Å². The van der Waals surface area contributed by atoms with Gasteiger partial charge in [0.15, 0.2) is 5.82 Å². The van der Waals surface area contributed by atoms with Gasteiger partial charge in [-0.2, -0.15) is 0 Å². The van der Waals surface area contributed by atoms with E-state index < -0.39 is 17.6 Å². The molecule has 5 heterocycles. The van der Waals surface area contributed by atoms with E-state index in [0.29, 0.717) is 28.3 Å². The lowest BCUT2D eigenvalue weighted by Gasteiger charge is -2.57. The van der Waals surface area contributed by atoms with Gasteiger partial charge in [-0.25, -0.2) is 9.18 Å². The van der Waals surface area contributed by atoms with E-state index in [4.69, 9.17) is 4.74 Å². The van der Waals surface area contributed by atoms with Gasteiger partial charge in [-0.05, 0) is 104 Å². The van der Waals surface area contributed by atoms with Gasteiger partial charge in [0.05, 0.1) is 17.8 Å². The van der Waals surface area contributed by atoms with Crippen molar-refractivity contribution in [1.29, 1.82) is 0 Å². The van der Waals surface area contributed by atoms with Crippen molar-refractivity contribution in [2.24, 2.45) is 11.3 Å². The van der Waals surface area contributed by atoms with Crippen molar-refractivity contribution in [2.45, 2.75) is 104 Å². The number of amides is 4. The predicted octanol–water partition coefficient (Wildman–Crippen LogP) is 4.22. The molecule has 1 N–H and O–H groups in total. The number of ether oxygens (including phenoxy) is 1. The maximum Gasteiger partial charge on any atom is 0.410 e. The Kier molecular flexibility index (Phi) is 7.93. The number of fused-ring (bicyclic) bond motifs is 1. The number of nitrogens with zero attached hydrogens (tertiary/aromatic N) is 4. The molecule has 11 heteroatoms. The number of benzene rings is 1. The number of halogens is 1. The zero-order valence-electron chi connectivity index (χ0n) is 27.6. The molecule has 0 saturated carbocycles. The van der Waals surface area contributed by atoms with Crippen molar-refractivity contribution in [2.75, 3.05) is 44.2 Å². The molecule has 1 spiro atoms. The number of anilines is 1. The van der Waals surface area contributed by atoms with Crippen LogP contribution in [0.5, 0.6) is 0 Å². The van der Waals surface area contributed by atoms with E-state index >= 15 is 4.39 Å². The molecule has 0 aromatic heterocycles. The van der Waals surface area contributed by atoms with Crippen LogP contribution in [-0.4, -0.2) is 95.0 Å². The first-order valence-corrected chi connectivity index (χ1v) is 16.5. The third-order valence-corrected chi connectivity index (χ3v) is 11.1. The van der Waals surface area contributed by atoms with Crippen LogP contribution >= 0.6 is 0 Å². The number of hydrogen-bond acceptors (Lipinski definition) is 7. The monoisotopic (exact) mass is 625 g/mol. The highest BCUT2D eigenvalue weighted by molar-refractivity contribution is 6.06. The summed E-state index contributed by atoms with van der Waals surface area (Å²) in [6, 6.07) is 1.02. The minimum atomic E-state index is -0.763. The van der Waals surface area contributed by atoms with Gasteiger partial charge < -0.3 is 19.4 Å². The fourth-order valence-electron chi connectivity index (χ4n) is 8.31. The van der Waals surface area contributed by atoms with E-state index in [9.17, 15) is 19.2 Å². The summed E-state index contributed by atoms with van der Waals surface area (Å²) in [5, 5.41) is 2.31. The number of nitrogens with one attached hydrogen (secondary N) is 1. The number of hydrogen-bond donors (Lipinski definition) is 1. The molecule has 246 valence electrons. The lowest BCUT2D eigenvalue weighted by molar-refractivity contribution is -0.136. The quantitative estimate of drug-likeness (QED) is 0.500. The van der Waals surface area contributed by atoms with Crippen LogP contribution in [0, 0.1) is 24.1 Å². The maximum absolute atomic E-state index is 16.1. The number of carbonyl (C=O) groups excluding carboxylic acids is 4. The average Bonchev–Trinajstić information content (AvgIpc) is 3.30. The Labute approximate surface area is 265 Å². The van der Waals surface area contributed by atoms with E-state index in [2.05, 4.69) is 29.0 Å². The van der Waals surface area contributed by atoms with Crippen LogP contribution in [0.2, 0.25) is 0 Å². The molecule has 4 saturated heterocycles. The Morgan fingerprint density at radius 1 is 1.00 bits per heavy atom. The molecular formula is C34H48FN5O5. The summed E-state index contributed by atoms with van der Waals surface area (Å²) >= 11 is 0. The highest BCUT2D eigenvalue weighted by atomic mass is 19.1. The van der Waals surface area contributed by atoms with Crippen molar-refractivity contribution in [3.8, 4) is 0 Å². The third-order valence-electron chi connectivity index (χ3n) is 11.1. The van der Waals surface area contributed by atoms with Gasteiger partial charge in [0, 0.05) is 49.1 Å². The zero-order valence-corrected chi connectivity index (χ0v) is 27.6. The minimum absolute atomic E-state index is 0.00354. The maximum atomic E-state index is 16.1. The van der Waals surface area contributed by atoms with Crippen LogP contribution in [0.1, 0.15) is 94.6 Å². The normalized spacial score (nSPS) is 24.6. The lowest BCUT2D eigenvalue weighted by Crippen LogP contribution is -2.64. The lowest BCUT2D eigenvalue weighted by atomic mass is 9.70. The van der Waals surface area contributed by atoms with E-state index in [1.807, 2.05) is 32.6 Å². The molecule has 45 heavy (non-hydrogen) atoms. The van der Waals surface area contributed by atoms with Crippen molar-refractivity contribution in [3.05, 3.63) is 28.6 Å². The SMILES string of the molecule is Cc1cc(N2CCC(C(C)(C)N3CCC4(CC3)CN(C(=O)OC(C)(C)C)C4)CC2)c(F)c2c1C(=O)N(C1CCC(=O)NC1=O)C2. The van der Waals surface area contributed by atoms with Crippen LogP contribution < -0.4 is 10.2 Å². The molecule has 5 aliphatic rings. The van der Waals surface area contributed by atoms with Crippen LogP contribution in [0.4, 0.5) is 14.9 Å². The minimum Gasteiger partial charge on any atom is -0.444 e. The first-order valence-electron chi connectivity index (χ1n) is 16.5. The van der Waals surface area contributed by atoms with Crippen LogP contribution in [0.25, 0.3) is 0 Å². The fraction of sp³-hybridized carbons (Fsp3) is 0.706. The average molecular weight is 626 g/mol. The molecule has 4 amide bonds. The first-order chi connectivity index (χ1) is 21.1. The molecule has 4 fully saturated rings. The number of likely N-dealkylation sites (tertiary alicyclic amines) is 2. The predicted molar refractivity (Wildman–Crippen MR) is 167 cm³/mol. The smallest absolute Gasteiger partial charge is 0.410 e. The summed E-state index contributed by atoms with van der Waals surface area (Å²) in [5.74, 6) is -1.09. The van der Waals surface area contributed by atoms with Gasteiger partial charge in [0.2, 0.25) is 11.8 Å². The van der Waals surface area contributed by atoms with Gasteiger partial charge in [-0.1, -0.05) is 0 Å². The molecule has 6 rings (SSSR count). The molecule has 0 aliphatic carbocycles. The molecule has 10 nitrogen and oxygen atoms in total. The molecule has 1 unspecified atom stereocenters. The molecule has 0 radical (unpaired) electrons. The largest absolute Gasteiger partial charge is 0.444 e. The summed E-state index contributed by atoms with van der Waals surface area (Å²) in [4.78, 5) is 57.8. The van der Waals surface area contributed by atoms with Gasteiger partial charge in [0.1, 0.15) is 11.6 Å². The highest BCUT2D eigenvalue weighted by Gasteiger charge is 2.50. The van der Waals surface area contributed by atoms with Crippen molar-refractivity contribution in [3.63, 3.8) is 0 Å². The molecule has 1 aromatic carbocycles. The summed E-state index contributed by atoms with van der Waals surface area (Å²) in [6.45, 7) is 17.3. The number of aryl methyl sites for hydroxylation is 1. The standard InChI is InChI=1S/C34H48FN5O5/c1-21-17-25(28(35)23-18-40(30(43)27(21)23)24-7-8-26(41)36-29(24)42)37-13-9-22(10-14-37)33(5,6)39-15-11-34(12-16-39)19-38(20-34)31(44)45-32(2,3)4/h17,22,24H,7-16,18-20H2,1-6H3,(H,36,41,42). The zero-order chi connectivity index (χ0) is 32.5. The second-order valence-corrected chi connectivity index (χ2v) is 15.5. The van der Waals surface area contributed by atoms with Gasteiger partial charge in [-0.15, -0.1) is 0 Å². The van der Waals surface area contributed by atoms with Gasteiger partial charge in [-0.3, -0.25) is 24.6 Å². The van der Waals surface area contributed by atoms with Crippen molar-refractivity contribution >= 4 is 29.5 Å². The second-order valence-electron chi connectivity index (χ2n) is 15.5. The summed E-state index contributed by atoms with van der Waals surface area (Å²) in [5.41, 5.74) is 1.67. The molecule has 1 atom stereocenters. The van der Waals surface area contributed by atoms with E-state index in [1.165, 1.54) is 4.90 Å². The Bertz CT molecular complexity index is 1400. The van der Waals surface area contributed by atoms with Crippen molar-refractivity contribution < 1.29 is 28.3 Å². The van der Waals surface area contributed by atoms with Crippen LogP contribution in [0.3, 0.4) is 0 Å². The number of imide groups is 1. The van der Waals surface area contributed by atoms with E-state index in [1.54, 1.807) is 6.07 Å². The fourth-order valence-corrected chi connectivity index (χ4v) is 8.31. The third kappa shape index (κ3) is 5.81. The number of carbonyl (C=O) groups is 4. The molecule has 0 bridgehead atoms. The Balaban J connectivity index is 1.05. The first kappa shape index (κ1) is 31.8. The molecule has 1 aromatic rings. The van der Waals surface area contributed by atoms with Crippen LogP contribution in [0.15, 0.2) is 6.07 Å². The second kappa shape index (κ2) is 11.2. The highest BCUT2D eigenvalue weighted by Crippen LogP contribution is 2.45. The summed E-state index contributed by atoms with van der Waals surface area (Å²) < 4.78 is 21.6. The van der Waals surface area contributed by atoms with E-state index in [0.717, 1.165) is 65.0 Å². The van der Waals surface area contributed by atoms with Gasteiger partial charge in [0.25, 0.3) is 5.91 Å². The number of rotatable bonds is 4. The van der Waals surface area contributed by atoms with Crippen molar-refractivity contribution in [1.82, 2.24) is 20.0 Å². The van der Waals surface area contributed by atoms with Gasteiger partial charge >= 0.3 is 6.09 Å². The Morgan fingerprint density at radius 3 is 2.24 bits per heavy atom. The molecular weight excluding hydrogens is 577 g/mol.